The van der Waals surface area contributed by atoms with Crippen molar-refractivity contribution in [3.63, 3.8) is 0 Å². The molecule has 130 valence electrons. The summed E-state index contributed by atoms with van der Waals surface area (Å²) in [6.45, 7) is -1.41. The lowest BCUT2D eigenvalue weighted by Crippen LogP contribution is -2.44. The number of aromatic carboxylic acids is 1. The number of carbonyl (C=O) groups is 3. The van der Waals surface area contributed by atoms with Gasteiger partial charge in [0, 0.05) is 6.54 Å². The zero-order chi connectivity index (χ0) is 17.9. The number of benzene rings is 1. The molecule has 1 fully saturated rings. The zero-order valence-electron chi connectivity index (χ0n) is 12.5. The molecule has 9 heteroatoms. The molecule has 6 nitrogen and oxygen atoms in total. The van der Waals surface area contributed by atoms with Crippen LogP contribution in [-0.4, -0.2) is 53.1 Å². The molecule has 1 aromatic carbocycles. The number of likely N-dealkylation sites (tertiary alicyclic amines) is 1. The van der Waals surface area contributed by atoms with Gasteiger partial charge in [-0.05, 0) is 24.1 Å². The van der Waals surface area contributed by atoms with E-state index in [-0.39, 0.29) is 24.9 Å². The molecule has 1 atom stereocenters. The van der Waals surface area contributed by atoms with Gasteiger partial charge in [-0.2, -0.15) is 13.2 Å². The molecular weight excluding hydrogens is 329 g/mol. The number of hydrogen-bond acceptors (Lipinski definition) is 3. The second-order valence-corrected chi connectivity index (χ2v) is 5.47. The highest BCUT2D eigenvalue weighted by Gasteiger charge is 2.39. The summed E-state index contributed by atoms with van der Waals surface area (Å²) in [4.78, 5) is 35.3. The fraction of sp³-hybridized carbons (Fsp3) is 0.400. The highest BCUT2D eigenvalue weighted by atomic mass is 19.4. The van der Waals surface area contributed by atoms with E-state index in [0.29, 0.717) is 10.5 Å². The van der Waals surface area contributed by atoms with Crippen molar-refractivity contribution in [3.8, 4) is 0 Å². The largest absolute Gasteiger partial charge is 0.478 e. The van der Waals surface area contributed by atoms with E-state index in [4.69, 9.17) is 5.11 Å². The van der Waals surface area contributed by atoms with Crippen molar-refractivity contribution in [3.05, 3.63) is 35.4 Å². The molecule has 1 saturated heterocycles. The van der Waals surface area contributed by atoms with Gasteiger partial charge in [-0.1, -0.05) is 12.1 Å². The van der Waals surface area contributed by atoms with E-state index in [1.165, 1.54) is 18.2 Å². The SMILES string of the molecule is O=C(Cc1cccc(C(=O)O)c1)NC1CCN(CC(F)(F)F)C1=O. The third kappa shape index (κ3) is 4.71. The molecule has 0 saturated carbocycles. The maximum atomic E-state index is 12.3. The van der Waals surface area contributed by atoms with Crippen LogP contribution < -0.4 is 5.32 Å². The van der Waals surface area contributed by atoms with Gasteiger partial charge in [0.1, 0.15) is 12.6 Å². The number of hydrogen-bond donors (Lipinski definition) is 2. The first-order valence-corrected chi connectivity index (χ1v) is 7.13. The average Bonchev–Trinajstić information content (AvgIpc) is 2.78. The summed E-state index contributed by atoms with van der Waals surface area (Å²) in [5.41, 5.74) is 0.457. The summed E-state index contributed by atoms with van der Waals surface area (Å²) in [7, 11) is 0. The van der Waals surface area contributed by atoms with Gasteiger partial charge < -0.3 is 15.3 Å². The number of nitrogens with zero attached hydrogens (tertiary/aromatic N) is 1. The number of nitrogens with one attached hydrogen (secondary N) is 1. The predicted octanol–water partition coefficient (Wildman–Crippen LogP) is 1.21. The lowest BCUT2D eigenvalue weighted by Gasteiger charge is -2.18. The quantitative estimate of drug-likeness (QED) is 0.841. The molecule has 24 heavy (non-hydrogen) atoms. The molecule has 2 rings (SSSR count). The van der Waals surface area contributed by atoms with E-state index < -0.39 is 36.5 Å². The minimum atomic E-state index is -4.48. The third-order valence-electron chi connectivity index (χ3n) is 3.54. The minimum Gasteiger partial charge on any atom is -0.478 e. The van der Waals surface area contributed by atoms with Crippen LogP contribution in [0.3, 0.4) is 0 Å². The summed E-state index contributed by atoms with van der Waals surface area (Å²) in [5.74, 6) is -2.45. The molecule has 1 heterocycles. The summed E-state index contributed by atoms with van der Waals surface area (Å²) < 4.78 is 37.0. The van der Waals surface area contributed by atoms with Crippen molar-refractivity contribution in [1.82, 2.24) is 10.2 Å². The maximum Gasteiger partial charge on any atom is 0.406 e. The van der Waals surface area contributed by atoms with Crippen LogP contribution in [0.5, 0.6) is 0 Å². The van der Waals surface area contributed by atoms with Crippen molar-refractivity contribution in [2.45, 2.75) is 25.1 Å². The number of rotatable bonds is 5. The van der Waals surface area contributed by atoms with Crippen molar-refractivity contribution in [2.24, 2.45) is 0 Å². The summed E-state index contributed by atoms with van der Waals surface area (Å²) in [6.07, 6.45) is -4.54. The van der Waals surface area contributed by atoms with Gasteiger partial charge in [0.25, 0.3) is 0 Å². The molecule has 1 aromatic rings. The number of amides is 2. The Bertz CT molecular complexity index is 660. The van der Waals surface area contributed by atoms with Crippen LogP contribution in [0.25, 0.3) is 0 Å². The Hall–Kier alpha value is -2.58. The van der Waals surface area contributed by atoms with E-state index in [1.807, 2.05) is 0 Å². The molecule has 1 aliphatic rings. The average molecular weight is 344 g/mol. The molecule has 2 amide bonds. The Labute approximate surface area is 135 Å². The van der Waals surface area contributed by atoms with Crippen LogP contribution in [0.15, 0.2) is 24.3 Å². The Kier molecular flexibility index (Phi) is 5.10. The second-order valence-electron chi connectivity index (χ2n) is 5.47. The summed E-state index contributed by atoms with van der Waals surface area (Å²) >= 11 is 0. The third-order valence-corrected chi connectivity index (χ3v) is 3.54. The zero-order valence-corrected chi connectivity index (χ0v) is 12.5. The van der Waals surface area contributed by atoms with Crippen LogP contribution in [0.2, 0.25) is 0 Å². The Morgan fingerprint density at radius 1 is 1.33 bits per heavy atom. The first kappa shape index (κ1) is 17.8. The standard InChI is InChI=1S/C15H15F3N2O4/c16-15(17,18)8-20-5-4-11(13(20)22)19-12(21)7-9-2-1-3-10(6-9)14(23)24/h1-3,6,11H,4-5,7-8H2,(H,19,21)(H,23,24). The lowest BCUT2D eigenvalue weighted by atomic mass is 10.1. The van der Waals surface area contributed by atoms with Crippen LogP contribution in [0.4, 0.5) is 13.2 Å². The van der Waals surface area contributed by atoms with Crippen LogP contribution in [0, 0.1) is 0 Å². The first-order valence-electron chi connectivity index (χ1n) is 7.13. The lowest BCUT2D eigenvalue weighted by molar-refractivity contribution is -0.158. The molecule has 1 aliphatic heterocycles. The Morgan fingerprint density at radius 3 is 2.67 bits per heavy atom. The highest BCUT2D eigenvalue weighted by Crippen LogP contribution is 2.21. The van der Waals surface area contributed by atoms with Crippen LogP contribution >= 0.6 is 0 Å². The van der Waals surface area contributed by atoms with Gasteiger partial charge in [-0.15, -0.1) is 0 Å². The second kappa shape index (κ2) is 6.90. The molecule has 1 unspecified atom stereocenters. The topological polar surface area (TPSA) is 86.7 Å². The molecule has 0 radical (unpaired) electrons. The van der Waals surface area contributed by atoms with E-state index in [2.05, 4.69) is 5.32 Å². The molecule has 2 N–H and O–H groups in total. The number of carbonyl (C=O) groups excluding carboxylic acids is 2. The van der Waals surface area contributed by atoms with Crippen molar-refractivity contribution < 1.29 is 32.7 Å². The summed E-state index contributed by atoms with van der Waals surface area (Å²) in [5, 5.41) is 11.3. The minimum absolute atomic E-state index is 0.0218. The first-order chi connectivity index (χ1) is 11.2. The van der Waals surface area contributed by atoms with Gasteiger partial charge >= 0.3 is 12.1 Å². The van der Waals surface area contributed by atoms with Gasteiger partial charge in [-0.3, -0.25) is 9.59 Å². The van der Waals surface area contributed by atoms with E-state index in [1.54, 1.807) is 6.07 Å². The van der Waals surface area contributed by atoms with Gasteiger partial charge in [0.15, 0.2) is 0 Å². The van der Waals surface area contributed by atoms with Crippen LogP contribution in [0.1, 0.15) is 22.3 Å². The normalized spacial score (nSPS) is 17.9. The van der Waals surface area contributed by atoms with E-state index >= 15 is 0 Å². The van der Waals surface area contributed by atoms with Crippen molar-refractivity contribution >= 4 is 17.8 Å². The van der Waals surface area contributed by atoms with E-state index in [0.717, 1.165) is 0 Å². The Balaban J connectivity index is 1.92. The number of carboxylic acid groups (broad SMARTS) is 1. The van der Waals surface area contributed by atoms with E-state index in [9.17, 15) is 27.6 Å². The highest BCUT2D eigenvalue weighted by molar-refractivity contribution is 5.90. The molecule has 0 bridgehead atoms. The summed E-state index contributed by atoms with van der Waals surface area (Å²) in [6, 6.07) is 4.76. The number of alkyl halides is 3. The van der Waals surface area contributed by atoms with Crippen molar-refractivity contribution in [1.29, 1.82) is 0 Å². The molecule has 0 aromatic heterocycles. The molecule has 0 aliphatic carbocycles. The van der Waals surface area contributed by atoms with Gasteiger partial charge in [0.05, 0.1) is 12.0 Å². The fourth-order valence-electron chi connectivity index (χ4n) is 2.49. The number of carboxylic acids is 1. The monoisotopic (exact) mass is 344 g/mol. The number of halogens is 3. The van der Waals surface area contributed by atoms with Crippen molar-refractivity contribution in [2.75, 3.05) is 13.1 Å². The van der Waals surface area contributed by atoms with Crippen LogP contribution in [-0.2, 0) is 16.0 Å². The molecular formula is C15H15F3N2O4. The predicted molar refractivity (Wildman–Crippen MR) is 76.3 cm³/mol. The molecule has 0 spiro atoms. The van der Waals surface area contributed by atoms with Gasteiger partial charge in [-0.25, -0.2) is 4.79 Å². The Morgan fingerprint density at radius 2 is 2.04 bits per heavy atom. The van der Waals surface area contributed by atoms with Gasteiger partial charge in [0.2, 0.25) is 11.8 Å². The maximum absolute atomic E-state index is 12.3. The fourth-order valence-corrected chi connectivity index (χ4v) is 2.49. The smallest absolute Gasteiger partial charge is 0.406 e.